The molecule has 0 aromatic heterocycles. The average molecular weight is 316 g/mol. The molecule has 23 heavy (non-hydrogen) atoms. The standard InChI is InChI=1S/C18H18F2N2O/c1-11(2)13-5-3-12(4-6-13)10-22-17-8-15(20)14(19)7-16(17)21-9-18(22)23/h3-8,11,21H,9-10H2,1-2H3. The van der Waals surface area contributed by atoms with Gasteiger partial charge in [-0.3, -0.25) is 4.79 Å². The van der Waals surface area contributed by atoms with Crippen LogP contribution in [0.3, 0.4) is 0 Å². The van der Waals surface area contributed by atoms with Crippen molar-refractivity contribution in [2.24, 2.45) is 0 Å². The van der Waals surface area contributed by atoms with E-state index in [1.165, 1.54) is 10.5 Å². The van der Waals surface area contributed by atoms with Crippen LogP contribution < -0.4 is 10.2 Å². The average Bonchev–Trinajstić information content (AvgIpc) is 2.52. The van der Waals surface area contributed by atoms with E-state index < -0.39 is 11.6 Å². The van der Waals surface area contributed by atoms with Gasteiger partial charge in [-0.15, -0.1) is 0 Å². The zero-order valence-electron chi connectivity index (χ0n) is 13.1. The lowest BCUT2D eigenvalue weighted by molar-refractivity contribution is -0.117. The number of benzene rings is 2. The SMILES string of the molecule is CC(C)c1ccc(CN2C(=O)CNc3cc(F)c(F)cc32)cc1. The fourth-order valence-corrected chi connectivity index (χ4v) is 2.67. The van der Waals surface area contributed by atoms with E-state index in [0.717, 1.165) is 17.7 Å². The maximum atomic E-state index is 13.5. The minimum atomic E-state index is -0.958. The quantitative estimate of drug-likeness (QED) is 0.926. The van der Waals surface area contributed by atoms with Gasteiger partial charge in [0.2, 0.25) is 5.91 Å². The van der Waals surface area contributed by atoms with Crippen molar-refractivity contribution in [2.75, 3.05) is 16.8 Å². The topological polar surface area (TPSA) is 32.3 Å². The molecule has 0 bridgehead atoms. The minimum absolute atomic E-state index is 0.0716. The van der Waals surface area contributed by atoms with Crippen molar-refractivity contribution in [3.63, 3.8) is 0 Å². The number of anilines is 2. The first kappa shape index (κ1) is 15.5. The number of carbonyl (C=O) groups excluding carboxylic acids is 1. The van der Waals surface area contributed by atoms with E-state index in [1.807, 2.05) is 24.3 Å². The Bertz CT molecular complexity index is 741. The Morgan fingerprint density at radius 1 is 1.13 bits per heavy atom. The highest BCUT2D eigenvalue weighted by Crippen LogP contribution is 2.32. The minimum Gasteiger partial charge on any atom is -0.374 e. The second-order valence-corrected chi connectivity index (χ2v) is 6.01. The second kappa shape index (κ2) is 5.99. The highest BCUT2D eigenvalue weighted by Gasteiger charge is 2.25. The Morgan fingerprint density at radius 3 is 2.43 bits per heavy atom. The van der Waals surface area contributed by atoms with Gasteiger partial charge in [0.15, 0.2) is 11.6 Å². The predicted octanol–water partition coefficient (Wildman–Crippen LogP) is 4.05. The van der Waals surface area contributed by atoms with Gasteiger partial charge in [-0.25, -0.2) is 8.78 Å². The van der Waals surface area contributed by atoms with E-state index in [0.29, 0.717) is 23.8 Å². The molecule has 0 radical (unpaired) electrons. The molecule has 3 nitrogen and oxygen atoms in total. The molecule has 0 aliphatic carbocycles. The van der Waals surface area contributed by atoms with Crippen LogP contribution in [0.1, 0.15) is 30.9 Å². The lowest BCUT2D eigenvalue weighted by atomic mass is 10.0. The molecule has 0 spiro atoms. The van der Waals surface area contributed by atoms with Gasteiger partial charge in [-0.2, -0.15) is 0 Å². The third-order valence-corrected chi connectivity index (χ3v) is 4.05. The molecule has 5 heteroatoms. The Labute approximate surface area is 133 Å². The van der Waals surface area contributed by atoms with Crippen LogP contribution in [0.5, 0.6) is 0 Å². The molecule has 1 amide bonds. The van der Waals surface area contributed by atoms with Crippen molar-refractivity contribution in [3.05, 3.63) is 59.2 Å². The van der Waals surface area contributed by atoms with E-state index in [-0.39, 0.29) is 12.5 Å². The number of halogens is 2. The molecule has 120 valence electrons. The summed E-state index contributed by atoms with van der Waals surface area (Å²) in [5.41, 5.74) is 2.96. The highest BCUT2D eigenvalue weighted by atomic mass is 19.2. The summed E-state index contributed by atoms with van der Waals surface area (Å²) >= 11 is 0. The number of hydrogen-bond acceptors (Lipinski definition) is 2. The molecule has 0 saturated carbocycles. The molecular formula is C18H18F2N2O. The fourth-order valence-electron chi connectivity index (χ4n) is 2.67. The Kier molecular flexibility index (Phi) is 4.03. The Hall–Kier alpha value is -2.43. The number of nitrogens with zero attached hydrogens (tertiary/aromatic N) is 1. The summed E-state index contributed by atoms with van der Waals surface area (Å²) in [6.07, 6.45) is 0. The largest absolute Gasteiger partial charge is 0.374 e. The van der Waals surface area contributed by atoms with Gasteiger partial charge in [0.1, 0.15) is 0 Å². The van der Waals surface area contributed by atoms with E-state index in [9.17, 15) is 13.6 Å². The number of amides is 1. The van der Waals surface area contributed by atoms with Crippen molar-refractivity contribution >= 4 is 17.3 Å². The molecule has 1 aliphatic heterocycles. The summed E-state index contributed by atoms with van der Waals surface area (Å²) in [5, 5.41) is 2.82. The third-order valence-electron chi connectivity index (χ3n) is 4.05. The molecular weight excluding hydrogens is 298 g/mol. The van der Waals surface area contributed by atoms with Gasteiger partial charge in [0, 0.05) is 12.1 Å². The van der Waals surface area contributed by atoms with Crippen molar-refractivity contribution in [3.8, 4) is 0 Å². The van der Waals surface area contributed by atoms with Crippen molar-refractivity contribution in [1.82, 2.24) is 0 Å². The molecule has 0 saturated heterocycles. The molecule has 2 aromatic rings. The van der Waals surface area contributed by atoms with Gasteiger partial charge in [-0.05, 0) is 17.0 Å². The summed E-state index contributed by atoms with van der Waals surface area (Å²) in [4.78, 5) is 13.7. The molecule has 0 unspecified atom stereocenters. The van der Waals surface area contributed by atoms with E-state index >= 15 is 0 Å². The highest BCUT2D eigenvalue weighted by molar-refractivity contribution is 6.02. The first-order chi connectivity index (χ1) is 11.0. The fraction of sp³-hybridized carbons (Fsp3) is 0.278. The van der Waals surface area contributed by atoms with Crippen molar-refractivity contribution in [2.45, 2.75) is 26.3 Å². The Balaban J connectivity index is 1.91. The van der Waals surface area contributed by atoms with Crippen LogP contribution in [0.2, 0.25) is 0 Å². The van der Waals surface area contributed by atoms with Crippen LogP contribution in [0.25, 0.3) is 0 Å². The molecule has 1 heterocycles. The molecule has 3 rings (SSSR count). The van der Waals surface area contributed by atoms with E-state index in [2.05, 4.69) is 19.2 Å². The molecule has 2 aromatic carbocycles. The van der Waals surface area contributed by atoms with E-state index in [4.69, 9.17) is 0 Å². The molecule has 0 fully saturated rings. The smallest absolute Gasteiger partial charge is 0.246 e. The van der Waals surface area contributed by atoms with Crippen LogP contribution in [0.15, 0.2) is 36.4 Å². The van der Waals surface area contributed by atoms with Crippen LogP contribution in [-0.2, 0) is 11.3 Å². The van der Waals surface area contributed by atoms with Gasteiger partial charge in [0.25, 0.3) is 0 Å². The summed E-state index contributed by atoms with van der Waals surface area (Å²) in [7, 11) is 0. The lowest BCUT2D eigenvalue weighted by Crippen LogP contribution is -2.39. The molecule has 1 N–H and O–H groups in total. The summed E-state index contributed by atoms with van der Waals surface area (Å²) in [6.45, 7) is 4.63. The van der Waals surface area contributed by atoms with Gasteiger partial charge in [-0.1, -0.05) is 38.1 Å². The van der Waals surface area contributed by atoms with Crippen LogP contribution in [0, 0.1) is 11.6 Å². The zero-order valence-corrected chi connectivity index (χ0v) is 13.1. The zero-order chi connectivity index (χ0) is 16.6. The van der Waals surface area contributed by atoms with Crippen LogP contribution in [-0.4, -0.2) is 12.5 Å². The van der Waals surface area contributed by atoms with Crippen LogP contribution >= 0.6 is 0 Å². The van der Waals surface area contributed by atoms with Gasteiger partial charge in [0.05, 0.1) is 24.5 Å². The summed E-state index contributed by atoms with van der Waals surface area (Å²) in [5.74, 6) is -1.62. The molecule has 0 atom stereocenters. The predicted molar refractivity (Wildman–Crippen MR) is 86.6 cm³/mol. The second-order valence-electron chi connectivity index (χ2n) is 6.01. The van der Waals surface area contributed by atoms with E-state index in [1.54, 1.807) is 0 Å². The van der Waals surface area contributed by atoms with Gasteiger partial charge < -0.3 is 10.2 Å². The first-order valence-corrected chi connectivity index (χ1v) is 7.58. The normalized spacial score (nSPS) is 14.0. The van der Waals surface area contributed by atoms with Gasteiger partial charge >= 0.3 is 0 Å². The maximum absolute atomic E-state index is 13.5. The van der Waals surface area contributed by atoms with Crippen molar-refractivity contribution in [1.29, 1.82) is 0 Å². The maximum Gasteiger partial charge on any atom is 0.246 e. The lowest BCUT2D eigenvalue weighted by Gasteiger charge is -2.30. The monoisotopic (exact) mass is 316 g/mol. The summed E-state index contributed by atoms with van der Waals surface area (Å²) < 4.78 is 26.9. The number of carbonyl (C=O) groups is 1. The Morgan fingerprint density at radius 2 is 1.78 bits per heavy atom. The number of fused-ring (bicyclic) bond motifs is 1. The number of hydrogen-bond donors (Lipinski definition) is 1. The molecule has 1 aliphatic rings. The number of rotatable bonds is 3. The number of nitrogens with one attached hydrogen (secondary N) is 1. The van der Waals surface area contributed by atoms with Crippen LogP contribution in [0.4, 0.5) is 20.2 Å². The van der Waals surface area contributed by atoms with Crippen molar-refractivity contribution < 1.29 is 13.6 Å². The first-order valence-electron chi connectivity index (χ1n) is 7.58. The summed E-state index contributed by atoms with van der Waals surface area (Å²) in [6, 6.07) is 10.1. The third kappa shape index (κ3) is 3.04.